The molecule has 1 atom stereocenters. The highest BCUT2D eigenvalue weighted by Crippen LogP contribution is 2.23. The van der Waals surface area contributed by atoms with Gasteiger partial charge in [0.25, 0.3) is 10.0 Å². The molecule has 34 heavy (non-hydrogen) atoms. The first-order chi connectivity index (χ1) is 15.9. The normalized spacial score (nSPS) is 12.8. The molecule has 0 aliphatic heterocycles. The average molecular weight is 505 g/mol. The van der Waals surface area contributed by atoms with Gasteiger partial charge < -0.3 is 19.9 Å². The lowest BCUT2D eigenvalue weighted by molar-refractivity contribution is -0.167. The molecule has 3 N–H and O–H groups in total. The maximum atomic E-state index is 12.9. The zero-order valence-electron chi connectivity index (χ0n) is 18.0. The highest BCUT2D eigenvalue weighted by atomic mass is 32.2. The highest BCUT2D eigenvalue weighted by Gasteiger charge is 2.39. The summed E-state index contributed by atoms with van der Waals surface area (Å²) in [6.07, 6.45) is -5.16. The van der Waals surface area contributed by atoms with Crippen molar-refractivity contribution in [3.8, 4) is 5.75 Å². The topological polar surface area (TPSA) is 134 Å². The molecule has 14 heteroatoms. The van der Waals surface area contributed by atoms with Crippen molar-refractivity contribution in [2.75, 3.05) is 26.1 Å². The molecule has 0 aliphatic rings. The van der Waals surface area contributed by atoms with E-state index in [4.69, 9.17) is 4.74 Å². The Labute approximate surface area is 193 Å². The molecule has 10 nitrogen and oxygen atoms in total. The molecule has 0 saturated heterocycles. The molecule has 2 aromatic rings. The first-order valence-corrected chi connectivity index (χ1v) is 11.0. The monoisotopic (exact) mass is 505 g/mol. The van der Waals surface area contributed by atoms with Gasteiger partial charge in [0.15, 0.2) is 0 Å². The number of halogens is 3. The molecule has 0 aromatic heterocycles. The van der Waals surface area contributed by atoms with Crippen LogP contribution in [0.1, 0.15) is 5.56 Å². The number of benzene rings is 2. The van der Waals surface area contributed by atoms with Gasteiger partial charge in [-0.25, -0.2) is 13.4 Å². The van der Waals surface area contributed by atoms with Crippen LogP contribution in [0.25, 0.3) is 0 Å². The molecular formula is C20H22F3N3O7S. The van der Waals surface area contributed by atoms with Crippen molar-refractivity contribution in [1.82, 2.24) is 9.84 Å². The third-order valence-corrected chi connectivity index (χ3v) is 5.86. The number of hydrazine groups is 1. The summed E-state index contributed by atoms with van der Waals surface area (Å²) in [5, 5.41) is 12.2. The smallest absolute Gasteiger partial charge is 0.471 e. The second-order valence-corrected chi connectivity index (χ2v) is 8.39. The van der Waals surface area contributed by atoms with Crippen LogP contribution >= 0.6 is 0 Å². The van der Waals surface area contributed by atoms with E-state index in [0.717, 1.165) is 12.1 Å². The standard InChI is InChI=1S/C20H22F3N3O7S/c1-32-14-7-9-15(10-8-14)34(30,31)25-26(17(12-27)18(28)33-2)11-13-5-3-4-6-16(13)24-19(29)20(21,22)23/h3-10,17,25,27H,11-12H2,1-2H3,(H,24,29). The van der Waals surface area contributed by atoms with Gasteiger partial charge in [0.2, 0.25) is 0 Å². The zero-order chi connectivity index (χ0) is 25.5. The Morgan fingerprint density at radius 1 is 1.09 bits per heavy atom. The number of anilines is 1. The summed E-state index contributed by atoms with van der Waals surface area (Å²) in [7, 11) is -1.92. The first kappa shape index (κ1) is 27.0. The van der Waals surface area contributed by atoms with Crippen LogP contribution in [0, 0.1) is 0 Å². The van der Waals surface area contributed by atoms with Crippen molar-refractivity contribution in [3.63, 3.8) is 0 Å². The second kappa shape index (κ2) is 11.3. The Kier molecular flexibility index (Phi) is 8.98. The van der Waals surface area contributed by atoms with Gasteiger partial charge in [-0.2, -0.15) is 13.2 Å². The zero-order valence-corrected chi connectivity index (χ0v) is 18.8. The van der Waals surface area contributed by atoms with Gasteiger partial charge in [0.05, 0.1) is 25.7 Å². The van der Waals surface area contributed by atoms with E-state index in [-0.39, 0.29) is 16.1 Å². The molecule has 0 heterocycles. The van der Waals surface area contributed by atoms with E-state index in [1.165, 1.54) is 55.6 Å². The Bertz CT molecular complexity index is 1110. The average Bonchev–Trinajstić information content (AvgIpc) is 2.79. The molecule has 0 fully saturated rings. The largest absolute Gasteiger partial charge is 0.497 e. The minimum atomic E-state index is -5.16. The number of rotatable bonds is 10. The number of sulfonamides is 1. The van der Waals surface area contributed by atoms with E-state index in [0.29, 0.717) is 5.75 Å². The maximum absolute atomic E-state index is 12.9. The van der Waals surface area contributed by atoms with Gasteiger partial charge in [-0.05, 0) is 35.9 Å². The van der Waals surface area contributed by atoms with Gasteiger partial charge in [0, 0.05) is 12.2 Å². The molecule has 0 spiro atoms. The fraction of sp³-hybridized carbons (Fsp3) is 0.300. The van der Waals surface area contributed by atoms with Crippen LogP contribution in [0.5, 0.6) is 5.75 Å². The maximum Gasteiger partial charge on any atom is 0.471 e. The molecule has 0 bridgehead atoms. The number of aliphatic hydroxyl groups is 1. The lowest BCUT2D eigenvalue weighted by atomic mass is 10.1. The quantitative estimate of drug-likeness (QED) is 0.326. The number of carbonyl (C=O) groups excluding carboxylic acids is 2. The Morgan fingerprint density at radius 3 is 2.24 bits per heavy atom. The van der Waals surface area contributed by atoms with Crippen molar-refractivity contribution in [2.45, 2.75) is 23.7 Å². The van der Waals surface area contributed by atoms with Crippen molar-refractivity contribution in [3.05, 3.63) is 54.1 Å². The number of methoxy groups -OCH3 is 2. The molecule has 1 unspecified atom stereocenters. The first-order valence-electron chi connectivity index (χ1n) is 9.50. The molecule has 2 aromatic carbocycles. The van der Waals surface area contributed by atoms with Crippen LogP contribution in [0.3, 0.4) is 0 Å². The number of nitrogens with one attached hydrogen (secondary N) is 2. The minimum Gasteiger partial charge on any atom is -0.497 e. The third-order valence-electron chi connectivity index (χ3n) is 4.49. The predicted octanol–water partition coefficient (Wildman–Crippen LogP) is 1.43. The van der Waals surface area contributed by atoms with Crippen LogP contribution < -0.4 is 14.9 Å². The highest BCUT2D eigenvalue weighted by molar-refractivity contribution is 7.89. The number of hydrogen-bond acceptors (Lipinski definition) is 8. The number of ether oxygens (including phenoxy) is 2. The van der Waals surface area contributed by atoms with Crippen molar-refractivity contribution in [1.29, 1.82) is 0 Å². The fourth-order valence-corrected chi connectivity index (χ4v) is 3.86. The number of nitrogens with zero attached hydrogens (tertiary/aromatic N) is 1. The summed E-state index contributed by atoms with van der Waals surface area (Å²) in [5.41, 5.74) is -0.264. The molecule has 0 aliphatic carbocycles. The Morgan fingerprint density at radius 2 is 1.71 bits per heavy atom. The van der Waals surface area contributed by atoms with Crippen LogP contribution in [-0.4, -0.2) is 63.5 Å². The van der Waals surface area contributed by atoms with Crippen LogP contribution in [-0.2, 0) is 30.9 Å². The lowest BCUT2D eigenvalue weighted by Crippen LogP contribution is -2.53. The summed E-state index contributed by atoms with van der Waals surface area (Å²) in [5.74, 6) is -2.87. The Balaban J connectivity index is 2.43. The van der Waals surface area contributed by atoms with Crippen LogP contribution in [0.15, 0.2) is 53.4 Å². The van der Waals surface area contributed by atoms with E-state index in [1.807, 2.05) is 0 Å². The molecule has 186 valence electrons. The van der Waals surface area contributed by atoms with Crippen molar-refractivity contribution >= 4 is 27.6 Å². The molecular weight excluding hydrogens is 483 g/mol. The van der Waals surface area contributed by atoms with E-state index in [2.05, 4.69) is 9.57 Å². The summed E-state index contributed by atoms with van der Waals surface area (Å²) < 4.78 is 73.5. The number of aliphatic hydroxyl groups excluding tert-OH is 1. The third kappa shape index (κ3) is 6.90. The predicted molar refractivity (Wildman–Crippen MR) is 113 cm³/mol. The van der Waals surface area contributed by atoms with Gasteiger partial charge in [0.1, 0.15) is 11.8 Å². The van der Waals surface area contributed by atoms with Gasteiger partial charge in [-0.3, -0.25) is 9.59 Å². The molecule has 0 radical (unpaired) electrons. The van der Waals surface area contributed by atoms with Crippen LogP contribution in [0.4, 0.5) is 18.9 Å². The van der Waals surface area contributed by atoms with E-state index < -0.39 is 47.3 Å². The lowest BCUT2D eigenvalue weighted by Gasteiger charge is -2.29. The Hall–Kier alpha value is -3.20. The second-order valence-electron chi connectivity index (χ2n) is 6.73. The minimum absolute atomic E-state index is 0.0138. The van der Waals surface area contributed by atoms with E-state index in [1.54, 1.807) is 5.32 Å². The van der Waals surface area contributed by atoms with Gasteiger partial charge in [-0.15, -0.1) is 4.83 Å². The van der Waals surface area contributed by atoms with Gasteiger partial charge in [-0.1, -0.05) is 18.2 Å². The number of carbonyl (C=O) groups is 2. The summed E-state index contributed by atoms with van der Waals surface area (Å²) >= 11 is 0. The fourth-order valence-electron chi connectivity index (χ4n) is 2.76. The van der Waals surface area contributed by atoms with Crippen molar-refractivity contribution in [2.24, 2.45) is 0 Å². The summed E-state index contributed by atoms with van der Waals surface area (Å²) in [6, 6.07) is 8.91. The van der Waals surface area contributed by atoms with Gasteiger partial charge >= 0.3 is 18.1 Å². The molecule has 2 rings (SSSR count). The van der Waals surface area contributed by atoms with Crippen molar-refractivity contribution < 1.29 is 45.8 Å². The number of para-hydroxylation sites is 1. The number of esters is 1. The summed E-state index contributed by atoms with van der Waals surface area (Å²) in [4.78, 5) is 25.5. The molecule has 1 amide bonds. The van der Waals surface area contributed by atoms with E-state index >= 15 is 0 Å². The number of amides is 1. The molecule has 0 saturated carbocycles. The number of alkyl halides is 3. The SMILES string of the molecule is COC(=O)C(CO)N(Cc1ccccc1NC(=O)C(F)(F)F)NS(=O)(=O)c1ccc(OC)cc1. The number of hydrogen-bond donors (Lipinski definition) is 3. The van der Waals surface area contributed by atoms with E-state index in [9.17, 15) is 36.3 Å². The van der Waals surface area contributed by atoms with Crippen LogP contribution in [0.2, 0.25) is 0 Å². The summed E-state index contributed by atoms with van der Waals surface area (Å²) in [6.45, 7) is -1.42.